The van der Waals surface area contributed by atoms with Gasteiger partial charge in [0.2, 0.25) is 5.91 Å². The maximum absolute atomic E-state index is 12.2. The molecule has 0 aromatic heterocycles. The fraction of sp³-hybridized carbons (Fsp3) is 0.917. The van der Waals surface area contributed by atoms with Crippen LogP contribution in [0.2, 0.25) is 0 Å². The summed E-state index contributed by atoms with van der Waals surface area (Å²) in [6.07, 6.45) is 4.42. The molecule has 1 aliphatic heterocycles. The van der Waals surface area contributed by atoms with Crippen LogP contribution in [0.25, 0.3) is 0 Å². The third-order valence-electron chi connectivity index (χ3n) is 4.31. The zero-order valence-corrected chi connectivity index (χ0v) is 11.1. The van der Waals surface area contributed by atoms with Crippen molar-refractivity contribution < 1.29 is 4.79 Å². The first kappa shape index (κ1) is 13.8. The van der Waals surface area contributed by atoms with E-state index < -0.39 is 0 Å². The summed E-state index contributed by atoms with van der Waals surface area (Å²) in [4.78, 5) is 14.3. The zero-order chi connectivity index (χ0) is 11.1. The molecule has 1 saturated heterocycles. The maximum Gasteiger partial charge on any atom is 0.228 e. The molecular weight excluding hydrogens is 224 g/mol. The highest BCUT2D eigenvalue weighted by Gasteiger charge is 2.45. The van der Waals surface area contributed by atoms with Gasteiger partial charge in [-0.2, -0.15) is 0 Å². The Morgan fingerprint density at radius 1 is 1.31 bits per heavy atom. The first-order valence-corrected chi connectivity index (χ1v) is 5.99. The molecule has 0 spiro atoms. The minimum atomic E-state index is -0.0418. The average Bonchev–Trinajstić information content (AvgIpc) is 2.57. The van der Waals surface area contributed by atoms with Crippen LogP contribution in [0, 0.1) is 10.8 Å². The van der Waals surface area contributed by atoms with Gasteiger partial charge in [-0.15, -0.1) is 12.4 Å². The van der Waals surface area contributed by atoms with Gasteiger partial charge in [0.05, 0.1) is 0 Å². The number of nitrogens with zero attached hydrogens (tertiary/aromatic N) is 1. The predicted molar refractivity (Wildman–Crippen MR) is 67.6 cm³/mol. The van der Waals surface area contributed by atoms with Crippen molar-refractivity contribution in [1.82, 2.24) is 4.90 Å². The summed E-state index contributed by atoms with van der Waals surface area (Å²) in [6, 6.07) is 0. The number of amides is 1. The van der Waals surface area contributed by atoms with E-state index in [2.05, 4.69) is 13.8 Å². The van der Waals surface area contributed by atoms with Gasteiger partial charge in [0.15, 0.2) is 0 Å². The number of carbonyl (C=O) groups is 1. The monoisotopic (exact) mass is 246 g/mol. The normalized spacial score (nSPS) is 31.8. The van der Waals surface area contributed by atoms with Crippen LogP contribution in [0.4, 0.5) is 0 Å². The highest BCUT2D eigenvalue weighted by Crippen LogP contribution is 2.43. The van der Waals surface area contributed by atoms with Gasteiger partial charge in [-0.25, -0.2) is 0 Å². The van der Waals surface area contributed by atoms with Gasteiger partial charge in [-0.05, 0) is 31.2 Å². The number of nitrogens with two attached hydrogens (primary N) is 1. The number of likely N-dealkylation sites (tertiary alicyclic amines) is 1. The summed E-state index contributed by atoms with van der Waals surface area (Å²) in [5.74, 6) is 0.367. The van der Waals surface area contributed by atoms with E-state index in [1.165, 1.54) is 6.42 Å². The Balaban J connectivity index is 0.00000128. The Labute approximate surface area is 104 Å². The summed E-state index contributed by atoms with van der Waals surface area (Å²) < 4.78 is 0. The molecule has 1 unspecified atom stereocenters. The van der Waals surface area contributed by atoms with Crippen LogP contribution in [0.15, 0.2) is 0 Å². The van der Waals surface area contributed by atoms with E-state index in [1.807, 2.05) is 4.90 Å². The van der Waals surface area contributed by atoms with E-state index >= 15 is 0 Å². The third kappa shape index (κ3) is 2.21. The van der Waals surface area contributed by atoms with Crippen molar-refractivity contribution in [3.63, 3.8) is 0 Å². The molecule has 0 bridgehead atoms. The molecule has 2 fully saturated rings. The molecule has 1 atom stereocenters. The summed E-state index contributed by atoms with van der Waals surface area (Å²) in [5.41, 5.74) is 5.87. The Bertz CT molecular complexity index is 278. The Hall–Kier alpha value is -0.280. The number of rotatable bonds is 2. The van der Waals surface area contributed by atoms with E-state index in [-0.39, 0.29) is 23.2 Å². The molecule has 0 radical (unpaired) electrons. The van der Waals surface area contributed by atoms with E-state index in [9.17, 15) is 4.79 Å². The SMILES string of the molecule is CC1(CN)CCN(C(=O)C2(C)CCC2)C1.Cl. The largest absolute Gasteiger partial charge is 0.342 e. The van der Waals surface area contributed by atoms with E-state index in [0.717, 1.165) is 32.4 Å². The fourth-order valence-electron chi connectivity index (χ4n) is 2.67. The van der Waals surface area contributed by atoms with Gasteiger partial charge >= 0.3 is 0 Å². The third-order valence-corrected chi connectivity index (χ3v) is 4.31. The Morgan fingerprint density at radius 3 is 2.31 bits per heavy atom. The van der Waals surface area contributed by atoms with Crippen LogP contribution < -0.4 is 5.73 Å². The lowest BCUT2D eigenvalue weighted by atomic mass is 9.69. The molecular formula is C12H23ClN2O. The molecule has 1 saturated carbocycles. The van der Waals surface area contributed by atoms with Crippen molar-refractivity contribution in [2.45, 2.75) is 39.5 Å². The van der Waals surface area contributed by atoms with Gasteiger partial charge in [-0.1, -0.05) is 20.3 Å². The van der Waals surface area contributed by atoms with Crippen molar-refractivity contribution in [1.29, 1.82) is 0 Å². The summed E-state index contributed by atoms with van der Waals surface area (Å²) in [5, 5.41) is 0. The molecule has 3 nitrogen and oxygen atoms in total. The molecule has 94 valence electrons. The molecule has 0 aromatic rings. The van der Waals surface area contributed by atoms with E-state index in [1.54, 1.807) is 0 Å². The average molecular weight is 247 g/mol. The molecule has 1 heterocycles. The van der Waals surface area contributed by atoms with Crippen LogP contribution in [-0.4, -0.2) is 30.4 Å². The highest BCUT2D eigenvalue weighted by atomic mass is 35.5. The zero-order valence-electron chi connectivity index (χ0n) is 10.3. The van der Waals surface area contributed by atoms with Crippen molar-refractivity contribution >= 4 is 18.3 Å². The molecule has 2 rings (SSSR count). The number of carbonyl (C=O) groups excluding carboxylic acids is 1. The lowest BCUT2D eigenvalue weighted by Crippen LogP contribution is -2.46. The minimum absolute atomic E-state index is 0. The van der Waals surface area contributed by atoms with Gasteiger partial charge in [0, 0.05) is 18.5 Å². The summed E-state index contributed by atoms with van der Waals surface area (Å²) in [7, 11) is 0. The first-order valence-electron chi connectivity index (χ1n) is 5.99. The van der Waals surface area contributed by atoms with Gasteiger partial charge < -0.3 is 10.6 Å². The molecule has 0 aromatic carbocycles. The lowest BCUT2D eigenvalue weighted by Gasteiger charge is -2.40. The van der Waals surface area contributed by atoms with Crippen LogP contribution in [0.3, 0.4) is 0 Å². The predicted octanol–water partition coefficient (Wildman–Crippen LogP) is 1.80. The number of hydrogen-bond donors (Lipinski definition) is 1. The molecule has 1 amide bonds. The summed E-state index contributed by atoms with van der Waals surface area (Å²) in [6.45, 7) is 6.74. The van der Waals surface area contributed by atoms with Crippen molar-refractivity contribution in [2.75, 3.05) is 19.6 Å². The topological polar surface area (TPSA) is 46.3 Å². The smallest absolute Gasteiger partial charge is 0.228 e. The fourth-order valence-corrected chi connectivity index (χ4v) is 2.67. The second kappa shape index (κ2) is 4.53. The maximum atomic E-state index is 12.2. The van der Waals surface area contributed by atoms with E-state index in [4.69, 9.17) is 5.73 Å². The first-order chi connectivity index (χ1) is 6.99. The molecule has 16 heavy (non-hydrogen) atoms. The number of halogens is 1. The Morgan fingerprint density at radius 2 is 1.94 bits per heavy atom. The van der Waals surface area contributed by atoms with Gasteiger partial charge in [0.1, 0.15) is 0 Å². The highest BCUT2D eigenvalue weighted by molar-refractivity contribution is 5.85. The number of hydrogen-bond acceptors (Lipinski definition) is 2. The van der Waals surface area contributed by atoms with Crippen LogP contribution in [0.1, 0.15) is 39.5 Å². The van der Waals surface area contributed by atoms with Crippen LogP contribution >= 0.6 is 12.4 Å². The lowest BCUT2D eigenvalue weighted by molar-refractivity contribution is -0.145. The second-order valence-electron chi connectivity index (χ2n) is 5.91. The van der Waals surface area contributed by atoms with Crippen molar-refractivity contribution in [2.24, 2.45) is 16.6 Å². The van der Waals surface area contributed by atoms with E-state index in [0.29, 0.717) is 12.5 Å². The molecule has 1 aliphatic carbocycles. The summed E-state index contributed by atoms with van der Waals surface area (Å²) >= 11 is 0. The standard InChI is InChI=1S/C12H22N2O.ClH/c1-11(8-13)6-7-14(9-11)10(15)12(2)4-3-5-12;/h3-9,13H2,1-2H3;1H. The molecule has 2 N–H and O–H groups in total. The van der Waals surface area contributed by atoms with Crippen LogP contribution in [0.5, 0.6) is 0 Å². The Kier molecular flexibility index (Phi) is 3.91. The van der Waals surface area contributed by atoms with Crippen molar-refractivity contribution in [3.05, 3.63) is 0 Å². The van der Waals surface area contributed by atoms with Crippen molar-refractivity contribution in [3.8, 4) is 0 Å². The van der Waals surface area contributed by atoms with Gasteiger partial charge in [0.25, 0.3) is 0 Å². The van der Waals surface area contributed by atoms with Crippen LogP contribution in [-0.2, 0) is 4.79 Å². The molecule has 4 heteroatoms. The van der Waals surface area contributed by atoms with Gasteiger partial charge in [-0.3, -0.25) is 4.79 Å². The minimum Gasteiger partial charge on any atom is -0.342 e. The second-order valence-corrected chi connectivity index (χ2v) is 5.91. The quantitative estimate of drug-likeness (QED) is 0.808. The molecule has 2 aliphatic rings.